The molecule has 0 heterocycles. The summed E-state index contributed by atoms with van der Waals surface area (Å²) in [6.07, 6.45) is 1.36. The third-order valence-electron chi connectivity index (χ3n) is 2.95. The molecule has 17 heavy (non-hydrogen) atoms. The Balaban J connectivity index is 4.28. The number of carbonyl (C=O) groups excluding carboxylic acids is 1. The van der Waals surface area contributed by atoms with Crippen LogP contribution in [0.2, 0.25) is 0 Å². The highest BCUT2D eigenvalue weighted by molar-refractivity contribution is 6.06. The molecule has 0 rings (SSSR count). The summed E-state index contributed by atoms with van der Waals surface area (Å²) in [7, 11) is 3.96. The maximum Gasteiger partial charge on any atom is 0.233 e. The summed E-state index contributed by atoms with van der Waals surface area (Å²) in [5.41, 5.74) is 4.61. The molecular weight excluding hydrogens is 220 g/mol. The van der Waals surface area contributed by atoms with Gasteiger partial charge in [-0.25, -0.2) is 0 Å². The molecule has 0 spiro atoms. The normalized spacial score (nSPS) is 15.7. The lowest BCUT2D eigenvalue weighted by molar-refractivity contribution is -0.127. The van der Waals surface area contributed by atoms with Gasteiger partial charge in [-0.3, -0.25) is 4.79 Å². The van der Waals surface area contributed by atoms with E-state index in [0.717, 1.165) is 13.0 Å². The average Bonchev–Trinajstić information content (AvgIpc) is 2.31. The van der Waals surface area contributed by atoms with Crippen LogP contribution in [0.4, 0.5) is 0 Å². The molecule has 0 aromatic heterocycles. The van der Waals surface area contributed by atoms with Crippen molar-refractivity contribution in [3.05, 3.63) is 0 Å². The number of nitrogens with zero attached hydrogens (tertiary/aromatic N) is 2. The molecule has 0 aliphatic rings. The lowest BCUT2D eigenvalue weighted by Gasteiger charge is -2.25. The van der Waals surface area contributed by atoms with Gasteiger partial charge < -0.3 is 21.2 Å². The van der Waals surface area contributed by atoms with Crippen LogP contribution in [0, 0.1) is 5.41 Å². The van der Waals surface area contributed by atoms with Gasteiger partial charge in [0.2, 0.25) is 5.91 Å². The molecule has 0 saturated heterocycles. The lowest BCUT2D eigenvalue weighted by atomic mass is 9.85. The van der Waals surface area contributed by atoms with Crippen molar-refractivity contribution in [1.29, 1.82) is 0 Å². The molecule has 1 atom stereocenters. The zero-order valence-corrected chi connectivity index (χ0v) is 11.2. The molecule has 0 aromatic rings. The molecular formula is C11H24N4O2. The highest BCUT2D eigenvalue weighted by Crippen LogP contribution is 2.21. The van der Waals surface area contributed by atoms with Gasteiger partial charge >= 0.3 is 0 Å². The maximum absolute atomic E-state index is 11.9. The standard InChI is InChI=1S/C11H24N4O2/c1-5-11(2,9(12)14-17)10(16)13-7-6-8-15(3)4/h17H,5-8H2,1-4H3,(H2,12,14)(H,13,16). The topological polar surface area (TPSA) is 91.0 Å². The van der Waals surface area contributed by atoms with E-state index in [2.05, 4.69) is 15.4 Å². The van der Waals surface area contributed by atoms with Crippen LogP contribution in [0.1, 0.15) is 26.7 Å². The van der Waals surface area contributed by atoms with E-state index in [1.54, 1.807) is 6.92 Å². The number of hydrogen-bond donors (Lipinski definition) is 3. The summed E-state index contributed by atoms with van der Waals surface area (Å²) in [4.78, 5) is 14.0. The molecule has 0 radical (unpaired) electrons. The molecule has 6 nitrogen and oxygen atoms in total. The Morgan fingerprint density at radius 3 is 2.53 bits per heavy atom. The number of carbonyl (C=O) groups is 1. The molecule has 0 fully saturated rings. The Hall–Kier alpha value is -1.30. The summed E-state index contributed by atoms with van der Waals surface area (Å²) >= 11 is 0. The Morgan fingerprint density at radius 1 is 1.53 bits per heavy atom. The predicted molar refractivity (Wildman–Crippen MR) is 68.0 cm³/mol. The summed E-state index contributed by atoms with van der Waals surface area (Å²) in [5, 5.41) is 14.4. The van der Waals surface area contributed by atoms with Crippen LogP contribution in [0.15, 0.2) is 5.16 Å². The Bertz CT molecular complexity index is 279. The number of hydrogen-bond acceptors (Lipinski definition) is 4. The second kappa shape index (κ2) is 7.11. The van der Waals surface area contributed by atoms with Gasteiger partial charge in [0.15, 0.2) is 5.84 Å². The van der Waals surface area contributed by atoms with Crippen LogP contribution in [0.25, 0.3) is 0 Å². The quantitative estimate of drug-likeness (QED) is 0.196. The first-order chi connectivity index (χ1) is 7.88. The first-order valence-corrected chi connectivity index (χ1v) is 5.79. The molecule has 100 valence electrons. The summed E-state index contributed by atoms with van der Waals surface area (Å²) < 4.78 is 0. The van der Waals surface area contributed by atoms with E-state index in [1.807, 2.05) is 21.0 Å². The van der Waals surface area contributed by atoms with E-state index in [1.165, 1.54) is 0 Å². The monoisotopic (exact) mass is 244 g/mol. The first kappa shape index (κ1) is 15.7. The molecule has 1 amide bonds. The van der Waals surface area contributed by atoms with Crippen LogP contribution in [0.5, 0.6) is 0 Å². The average molecular weight is 244 g/mol. The van der Waals surface area contributed by atoms with Crippen LogP contribution >= 0.6 is 0 Å². The Morgan fingerprint density at radius 2 is 2.12 bits per heavy atom. The number of rotatable bonds is 7. The van der Waals surface area contributed by atoms with Crippen molar-refractivity contribution < 1.29 is 10.0 Å². The van der Waals surface area contributed by atoms with Crippen LogP contribution in [-0.4, -0.2) is 49.0 Å². The number of oxime groups is 1. The highest BCUT2D eigenvalue weighted by atomic mass is 16.4. The van der Waals surface area contributed by atoms with Crippen LogP contribution in [0.3, 0.4) is 0 Å². The zero-order chi connectivity index (χ0) is 13.5. The van der Waals surface area contributed by atoms with E-state index in [9.17, 15) is 4.79 Å². The lowest BCUT2D eigenvalue weighted by Crippen LogP contribution is -2.48. The molecule has 0 aromatic carbocycles. The molecule has 1 unspecified atom stereocenters. The number of amidine groups is 1. The van der Waals surface area contributed by atoms with Gasteiger partial charge in [0.05, 0.1) is 0 Å². The van der Waals surface area contributed by atoms with Gasteiger partial charge in [0.25, 0.3) is 0 Å². The molecule has 4 N–H and O–H groups in total. The summed E-state index contributed by atoms with van der Waals surface area (Å²) in [5.74, 6) is -0.251. The van der Waals surface area contributed by atoms with Crippen molar-refractivity contribution in [3.8, 4) is 0 Å². The highest BCUT2D eigenvalue weighted by Gasteiger charge is 2.35. The van der Waals surface area contributed by atoms with Crippen molar-refractivity contribution in [2.45, 2.75) is 26.7 Å². The van der Waals surface area contributed by atoms with E-state index in [4.69, 9.17) is 10.9 Å². The number of nitrogens with two attached hydrogens (primary N) is 1. The van der Waals surface area contributed by atoms with Crippen molar-refractivity contribution >= 4 is 11.7 Å². The fourth-order valence-electron chi connectivity index (χ4n) is 1.36. The molecule has 0 saturated carbocycles. The minimum atomic E-state index is -0.938. The third-order valence-corrected chi connectivity index (χ3v) is 2.95. The van der Waals surface area contributed by atoms with Gasteiger partial charge in [-0.05, 0) is 40.4 Å². The van der Waals surface area contributed by atoms with Gasteiger partial charge in [0.1, 0.15) is 5.41 Å². The first-order valence-electron chi connectivity index (χ1n) is 5.79. The van der Waals surface area contributed by atoms with E-state index in [0.29, 0.717) is 13.0 Å². The summed E-state index contributed by atoms with van der Waals surface area (Å²) in [6.45, 7) is 5.00. The van der Waals surface area contributed by atoms with Crippen molar-refractivity contribution in [2.75, 3.05) is 27.2 Å². The van der Waals surface area contributed by atoms with Gasteiger partial charge in [-0.15, -0.1) is 0 Å². The van der Waals surface area contributed by atoms with E-state index >= 15 is 0 Å². The minimum absolute atomic E-state index is 0.0508. The molecule has 0 aliphatic carbocycles. The third kappa shape index (κ3) is 4.60. The van der Waals surface area contributed by atoms with Gasteiger partial charge in [0, 0.05) is 6.54 Å². The Labute approximate surface area is 103 Å². The fourth-order valence-corrected chi connectivity index (χ4v) is 1.36. The zero-order valence-electron chi connectivity index (χ0n) is 11.2. The van der Waals surface area contributed by atoms with Gasteiger partial charge in [-0.2, -0.15) is 0 Å². The van der Waals surface area contributed by atoms with Crippen molar-refractivity contribution in [1.82, 2.24) is 10.2 Å². The SMILES string of the molecule is CCC(C)(C(=O)NCCCN(C)C)C(N)=NO. The number of amides is 1. The van der Waals surface area contributed by atoms with Gasteiger partial charge in [-0.1, -0.05) is 12.1 Å². The smallest absolute Gasteiger partial charge is 0.233 e. The second-order valence-electron chi connectivity index (χ2n) is 4.58. The fraction of sp³-hybridized carbons (Fsp3) is 0.818. The Kier molecular flexibility index (Phi) is 6.57. The van der Waals surface area contributed by atoms with Crippen LogP contribution in [-0.2, 0) is 4.79 Å². The molecule has 0 bridgehead atoms. The van der Waals surface area contributed by atoms with Crippen LogP contribution < -0.4 is 11.1 Å². The predicted octanol–water partition coefficient (Wildman–Crippen LogP) is 0.217. The van der Waals surface area contributed by atoms with E-state index < -0.39 is 5.41 Å². The van der Waals surface area contributed by atoms with E-state index in [-0.39, 0.29) is 11.7 Å². The molecule has 0 aliphatic heterocycles. The second-order valence-corrected chi connectivity index (χ2v) is 4.58. The number of nitrogens with one attached hydrogen (secondary N) is 1. The maximum atomic E-state index is 11.9. The largest absolute Gasteiger partial charge is 0.409 e. The molecule has 6 heteroatoms. The summed E-state index contributed by atoms with van der Waals surface area (Å²) in [6, 6.07) is 0. The van der Waals surface area contributed by atoms with Crippen molar-refractivity contribution in [2.24, 2.45) is 16.3 Å². The minimum Gasteiger partial charge on any atom is -0.409 e. The van der Waals surface area contributed by atoms with Crippen molar-refractivity contribution in [3.63, 3.8) is 0 Å².